The number of aromatic nitrogens is 2. The average Bonchev–Trinajstić information content (AvgIpc) is 2.75. The van der Waals surface area contributed by atoms with Crippen LogP contribution in [0.3, 0.4) is 0 Å². The largest absolute Gasteiger partial charge is 0.397 e. The number of hydrogen-bond acceptors (Lipinski definition) is 6. The van der Waals surface area contributed by atoms with Gasteiger partial charge in [0.25, 0.3) is 0 Å². The molecule has 0 radical (unpaired) electrons. The molecule has 154 valence electrons. The number of nitrogens with two attached hydrogens (primary N) is 1. The Bertz CT molecular complexity index is 1070. The fraction of sp³-hybridized carbons (Fsp3) is 0.261. The molecule has 30 heavy (non-hydrogen) atoms. The first-order valence-corrected chi connectivity index (χ1v) is 9.93. The molecule has 1 atom stereocenters. The molecule has 1 aromatic carbocycles. The third kappa shape index (κ3) is 4.16. The summed E-state index contributed by atoms with van der Waals surface area (Å²) in [5.74, 6) is -0.677. The molecule has 0 aliphatic carbocycles. The molecule has 7 heteroatoms. The predicted octanol–water partition coefficient (Wildman–Crippen LogP) is 3.25. The van der Waals surface area contributed by atoms with Crippen molar-refractivity contribution >= 4 is 17.2 Å². The van der Waals surface area contributed by atoms with E-state index in [2.05, 4.69) is 14.9 Å². The average molecular weight is 406 g/mol. The summed E-state index contributed by atoms with van der Waals surface area (Å²) in [5, 5.41) is 10.0. The van der Waals surface area contributed by atoms with Gasteiger partial charge in [0, 0.05) is 48.7 Å². The van der Waals surface area contributed by atoms with Gasteiger partial charge in [-0.1, -0.05) is 12.1 Å². The Kier molecular flexibility index (Phi) is 5.72. The molecule has 1 saturated heterocycles. The molecule has 1 aliphatic heterocycles. The number of rotatable bonds is 5. The van der Waals surface area contributed by atoms with Crippen molar-refractivity contribution in [3.8, 4) is 11.3 Å². The number of piperidine rings is 1. The number of aliphatic hydroxyl groups is 1. The zero-order chi connectivity index (χ0) is 21.1. The van der Waals surface area contributed by atoms with E-state index in [-0.39, 0.29) is 29.7 Å². The van der Waals surface area contributed by atoms with Crippen molar-refractivity contribution in [2.24, 2.45) is 0 Å². The summed E-state index contributed by atoms with van der Waals surface area (Å²) in [6.45, 7) is 1.33. The van der Waals surface area contributed by atoms with E-state index >= 15 is 0 Å². The Morgan fingerprint density at radius 3 is 2.87 bits per heavy atom. The van der Waals surface area contributed by atoms with E-state index in [4.69, 9.17) is 5.73 Å². The van der Waals surface area contributed by atoms with Crippen LogP contribution in [-0.4, -0.2) is 40.1 Å². The van der Waals surface area contributed by atoms with Crippen LogP contribution in [-0.2, 0) is 6.42 Å². The van der Waals surface area contributed by atoms with Crippen LogP contribution >= 0.6 is 0 Å². The highest BCUT2D eigenvalue weighted by Gasteiger charge is 2.22. The van der Waals surface area contributed by atoms with Crippen molar-refractivity contribution in [2.45, 2.75) is 25.4 Å². The number of halogens is 1. The second kappa shape index (κ2) is 8.59. The smallest absolute Gasteiger partial charge is 0.187 e. The molecule has 0 amide bonds. The summed E-state index contributed by atoms with van der Waals surface area (Å²) in [5.41, 5.74) is 8.68. The third-order valence-electron chi connectivity index (χ3n) is 5.31. The quantitative estimate of drug-likeness (QED) is 0.632. The Morgan fingerprint density at radius 2 is 2.07 bits per heavy atom. The van der Waals surface area contributed by atoms with Crippen LogP contribution in [0.4, 0.5) is 15.8 Å². The van der Waals surface area contributed by atoms with Crippen LogP contribution in [0, 0.1) is 5.82 Å². The molecular weight excluding hydrogens is 383 g/mol. The highest BCUT2D eigenvalue weighted by molar-refractivity contribution is 6.01. The second-order valence-electron chi connectivity index (χ2n) is 7.46. The number of hydrogen-bond donors (Lipinski definition) is 2. The number of ketones is 1. The zero-order valence-electron chi connectivity index (χ0n) is 16.5. The maximum absolute atomic E-state index is 14.2. The van der Waals surface area contributed by atoms with Gasteiger partial charge in [0.2, 0.25) is 0 Å². The van der Waals surface area contributed by atoms with Gasteiger partial charge in [-0.05, 0) is 43.2 Å². The molecule has 3 aromatic rings. The van der Waals surface area contributed by atoms with Crippen molar-refractivity contribution < 1.29 is 14.3 Å². The molecule has 6 nitrogen and oxygen atoms in total. The molecular formula is C23H23FN4O2. The minimum Gasteiger partial charge on any atom is -0.397 e. The number of aliphatic hydroxyl groups excluding tert-OH is 1. The standard InChI is InChI=1S/C23H23FN4O2/c24-18-6-2-1-5-17(18)20-8-7-19(25)23(27-20)22(30)12-15-13-26-10-9-21(15)28-11-3-4-16(29)14-28/h1-2,5-10,13,16,29H,3-4,11-12,14,25H2/t16-/m0/s1. The lowest BCUT2D eigenvalue weighted by atomic mass is 10.0. The van der Waals surface area contributed by atoms with E-state index in [0.29, 0.717) is 17.8 Å². The van der Waals surface area contributed by atoms with Crippen LogP contribution in [0.5, 0.6) is 0 Å². The Labute approximate surface area is 174 Å². The number of nitrogens with zero attached hydrogens (tertiary/aromatic N) is 3. The zero-order valence-corrected chi connectivity index (χ0v) is 16.5. The van der Waals surface area contributed by atoms with Gasteiger partial charge in [-0.2, -0.15) is 0 Å². The molecule has 1 aliphatic rings. The number of benzene rings is 1. The SMILES string of the molecule is Nc1ccc(-c2ccccc2F)nc1C(=O)Cc1cnccc1N1CCC[C@H](O)C1. The molecule has 3 N–H and O–H groups in total. The molecule has 2 aromatic heterocycles. The van der Waals surface area contributed by atoms with Gasteiger partial charge in [0.1, 0.15) is 11.5 Å². The number of pyridine rings is 2. The Balaban J connectivity index is 1.62. The third-order valence-corrected chi connectivity index (χ3v) is 5.31. The first-order chi connectivity index (χ1) is 14.5. The van der Waals surface area contributed by atoms with Crippen molar-refractivity contribution in [1.82, 2.24) is 9.97 Å². The van der Waals surface area contributed by atoms with Gasteiger partial charge in [-0.25, -0.2) is 9.37 Å². The summed E-state index contributed by atoms with van der Waals surface area (Å²) < 4.78 is 14.2. The van der Waals surface area contributed by atoms with E-state index in [1.807, 2.05) is 6.07 Å². The monoisotopic (exact) mass is 406 g/mol. The minimum atomic E-state index is -0.411. The van der Waals surface area contributed by atoms with Crippen LogP contribution in [0.2, 0.25) is 0 Å². The minimum absolute atomic E-state index is 0.0632. The number of carbonyl (C=O) groups excluding carboxylic acids is 1. The molecule has 4 rings (SSSR count). The van der Waals surface area contributed by atoms with E-state index in [1.165, 1.54) is 6.07 Å². The van der Waals surface area contributed by atoms with Gasteiger partial charge < -0.3 is 15.7 Å². The van der Waals surface area contributed by atoms with E-state index in [1.54, 1.807) is 42.7 Å². The lowest BCUT2D eigenvalue weighted by Crippen LogP contribution is -2.38. The fourth-order valence-corrected chi connectivity index (χ4v) is 3.81. The van der Waals surface area contributed by atoms with Crippen molar-refractivity contribution in [2.75, 3.05) is 23.7 Å². The van der Waals surface area contributed by atoms with Crippen molar-refractivity contribution in [3.05, 3.63) is 71.9 Å². The number of β-amino-alcohol motifs (C(OH)–C–C–N with tert-alkyl or cyclic N) is 1. The van der Waals surface area contributed by atoms with E-state index < -0.39 is 5.82 Å². The summed E-state index contributed by atoms with van der Waals surface area (Å²) >= 11 is 0. The number of anilines is 2. The molecule has 0 spiro atoms. The van der Waals surface area contributed by atoms with Crippen LogP contribution < -0.4 is 10.6 Å². The highest BCUT2D eigenvalue weighted by Crippen LogP contribution is 2.27. The van der Waals surface area contributed by atoms with Crippen molar-refractivity contribution in [3.63, 3.8) is 0 Å². The number of carbonyl (C=O) groups is 1. The normalized spacial score (nSPS) is 16.5. The second-order valence-corrected chi connectivity index (χ2v) is 7.46. The van der Waals surface area contributed by atoms with Gasteiger partial charge in [-0.15, -0.1) is 0 Å². The van der Waals surface area contributed by atoms with Crippen LogP contribution in [0.15, 0.2) is 54.9 Å². The predicted molar refractivity (Wildman–Crippen MR) is 114 cm³/mol. The Morgan fingerprint density at radius 1 is 1.23 bits per heavy atom. The van der Waals surface area contributed by atoms with Gasteiger partial charge in [-0.3, -0.25) is 9.78 Å². The fourth-order valence-electron chi connectivity index (χ4n) is 3.81. The summed E-state index contributed by atoms with van der Waals surface area (Å²) in [4.78, 5) is 23.7. The van der Waals surface area contributed by atoms with Crippen molar-refractivity contribution in [1.29, 1.82) is 0 Å². The molecule has 1 fully saturated rings. The van der Waals surface area contributed by atoms with E-state index in [9.17, 15) is 14.3 Å². The molecule has 0 bridgehead atoms. The van der Waals surface area contributed by atoms with Gasteiger partial charge in [0.15, 0.2) is 5.78 Å². The summed E-state index contributed by atoms with van der Waals surface area (Å²) in [6.07, 6.45) is 4.68. The van der Waals surface area contributed by atoms with E-state index in [0.717, 1.165) is 30.6 Å². The molecule has 0 unspecified atom stereocenters. The first kappa shape index (κ1) is 20.0. The van der Waals surface area contributed by atoms with Gasteiger partial charge in [0.05, 0.1) is 17.5 Å². The van der Waals surface area contributed by atoms with Crippen LogP contribution in [0.25, 0.3) is 11.3 Å². The highest BCUT2D eigenvalue weighted by atomic mass is 19.1. The number of nitrogen functional groups attached to an aromatic ring is 1. The first-order valence-electron chi connectivity index (χ1n) is 9.93. The van der Waals surface area contributed by atoms with Crippen LogP contribution in [0.1, 0.15) is 28.9 Å². The molecule has 0 saturated carbocycles. The Hall–Kier alpha value is -3.32. The van der Waals surface area contributed by atoms with Gasteiger partial charge >= 0.3 is 0 Å². The summed E-state index contributed by atoms with van der Waals surface area (Å²) in [6, 6.07) is 11.3. The topological polar surface area (TPSA) is 92.3 Å². The lowest BCUT2D eigenvalue weighted by Gasteiger charge is -2.33. The lowest BCUT2D eigenvalue weighted by molar-refractivity contribution is 0.0989. The maximum atomic E-state index is 14.2. The maximum Gasteiger partial charge on any atom is 0.187 e. The number of Topliss-reactive ketones (excluding diaryl/α,β-unsaturated/α-hetero) is 1. The summed E-state index contributed by atoms with van der Waals surface area (Å²) in [7, 11) is 0. The molecule has 3 heterocycles.